The van der Waals surface area contributed by atoms with Crippen LogP contribution in [0.5, 0.6) is 11.5 Å². The van der Waals surface area contributed by atoms with E-state index in [9.17, 15) is 19.8 Å². The number of ketones is 1. The summed E-state index contributed by atoms with van der Waals surface area (Å²) in [5.74, 6) is -1.77. The fourth-order valence-corrected chi connectivity index (χ4v) is 2.41. The van der Waals surface area contributed by atoms with Gasteiger partial charge >= 0.3 is 0 Å². The largest absolute Gasteiger partial charge is 0.504 e. The summed E-state index contributed by atoms with van der Waals surface area (Å²) in [5, 5.41) is 21.0. The molecule has 0 aliphatic carbocycles. The molecule has 0 saturated carbocycles. The van der Waals surface area contributed by atoms with Crippen LogP contribution < -0.4 is 5.32 Å². The van der Waals surface area contributed by atoms with Crippen molar-refractivity contribution in [2.24, 2.45) is 0 Å². The third-order valence-corrected chi connectivity index (χ3v) is 3.66. The number of benzene rings is 1. The van der Waals surface area contributed by atoms with Gasteiger partial charge in [0.25, 0.3) is 11.7 Å². The summed E-state index contributed by atoms with van der Waals surface area (Å²) < 4.78 is 0. The first kappa shape index (κ1) is 14.1. The molecule has 1 aromatic carbocycles. The first-order valence-corrected chi connectivity index (χ1v) is 6.69. The Bertz CT molecular complexity index is 663. The van der Waals surface area contributed by atoms with E-state index >= 15 is 0 Å². The molecule has 0 radical (unpaired) electrons. The van der Waals surface area contributed by atoms with E-state index in [-0.39, 0.29) is 18.0 Å². The molecule has 0 aliphatic rings. The smallest absolute Gasteiger partial charge is 0.293 e. The van der Waals surface area contributed by atoms with Crippen molar-refractivity contribution in [1.82, 2.24) is 5.32 Å². The van der Waals surface area contributed by atoms with Crippen LogP contribution in [0.4, 0.5) is 0 Å². The second-order valence-corrected chi connectivity index (χ2v) is 5.53. The zero-order valence-corrected chi connectivity index (χ0v) is 11.5. The molecule has 104 valence electrons. The predicted molar refractivity (Wildman–Crippen MR) is 75.0 cm³/mol. The maximum atomic E-state index is 11.8. The molecule has 2 rings (SSSR count). The molecule has 0 atom stereocenters. The molecule has 6 heteroatoms. The van der Waals surface area contributed by atoms with Crippen LogP contribution in [0.3, 0.4) is 0 Å². The summed E-state index contributed by atoms with van der Waals surface area (Å²) in [4.78, 5) is 24.9. The van der Waals surface area contributed by atoms with Crippen LogP contribution in [-0.4, -0.2) is 21.9 Å². The molecule has 0 fully saturated rings. The maximum absolute atomic E-state index is 11.8. The highest BCUT2D eigenvalue weighted by Crippen LogP contribution is 2.24. The number of nitrogens with one attached hydrogen (secondary N) is 1. The van der Waals surface area contributed by atoms with E-state index in [1.807, 2.05) is 6.92 Å². The fraction of sp³-hybridized carbons (Fsp3) is 0.143. The molecule has 5 nitrogen and oxygen atoms in total. The van der Waals surface area contributed by atoms with Crippen LogP contribution in [0.1, 0.15) is 20.1 Å². The molecule has 2 aromatic rings. The van der Waals surface area contributed by atoms with E-state index in [1.165, 1.54) is 23.5 Å². The second kappa shape index (κ2) is 5.75. The molecule has 0 spiro atoms. The van der Waals surface area contributed by atoms with Crippen molar-refractivity contribution >= 4 is 23.0 Å². The summed E-state index contributed by atoms with van der Waals surface area (Å²) in [6.45, 7) is 1.96. The van der Waals surface area contributed by atoms with Gasteiger partial charge in [0.15, 0.2) is 11.5 Å². The summed E-state index contributed by atoms with van der Waals surface area (Å²) in [6, 6.07) is 7.60. The molecular formula is C14H13NO4S. The highest BCUT2D eigenvalue weighted by atomic mass is 32.1. The summed E-state index contributed by atoms with van der Waals surface area (Å²) in [7, 11) is 0. The molecule has 0 bridgehead atoms. The van der Waals surface area contributed by atoms with Crippen molar-refractivity contribution in [3.8, 4) is 11.5 Å². The number of hydrogen-bond donors (Lipinski definition) is 3. The summed E-state index contributed by atoms with van der Waals surface area (Å²) >= 11 is 1.27. The zero-order chi connectivity index (χ0) is 14.7. The quantitative estimate of drug-likeness (QED) is 0.456. The first-order chi connectivity index (χ1) is 9.47. The Morgan fingerprint density at radius 1 is 1.15 bits per heavy atom. The van der Waals surface area contributed by atoms with Gasteiger partial charge in [0.05, 0.1) is 4.88 Å². The maximum Gasteiger partial charge on any atom is 0.293 e. The number of carbonyl (C=O) groups excluding carboxylic acids is 2. The molecule has 0 unspecified atom stereocenters. The Morgan fingerprint density at radius 3 is 2.50 bits per heavy atom. The average molecular weight is 291 g/mol. The minimum absolute atomic E-state index is 0.1000. The Balaban J connectivity index is 1.98. The van der Waals surface area contributed by atoms with E-state index < -0.39 is 11.7 Å². The van der Waals surface area contributed by atoms with E-state index in [2.05, 4.69) is 5.32 Å². The third-order valence-electron chi connectivity index (χ3n) is 2.66. The molecule has 3 N–H and O–H groups in total. The van der Waals surface area contributed by atoms with Crippen LogP contribution >= 0.6 is 11.3 Å². The van der Waals surface area contributed by atoms with E-state index in [0.29, 0.717) is 10.4 Å². The van der Waals surface area contributed by atoms with Gasteiger partial charge in [-0.15, -0.1) is 11.3 Å². The van der Waals surface area contributed by atoms with Crippen LogP contribution in [0, 0.1) is 6.92 Å². The lowest BCUT2D eigenvalue weighted by molar-refractivity contribution is -0.117. The third kappa shape index (κ3) is 3.16. The van der Waals surface area contributed by atoms with Gasteiger partial charge in [-0.25, -0.2) is 0 Å². The minimum atomic E-state index is -0.695. The van der Waals surface area contributed by atoms with Crippen molar-refractivity contribution in [3.05, 3.63) is 45.6 Å². The lowest BCUT2D eigenvalue weighted by Crippen LogP contribution is -2.30. The Labute approximate surface area is 119 Å². The van der Waals surface area contributed by atoms with Gasteiger partial charge in [-0.05, 0) is 36.8 Å². The van der Waals surface area contributed by atoms with E-state index in [1.54, 1.807) is 18.2 Å². The normalized spacial score (nSPS) is 10.2. The fourth-order valence-electron chi connectivity index (χ4n) is 1.61. The highest BCUT2D eigenvalue weighted by molar-refractivity contribution is 7.14. The highest BCUT2D eigenvalue weighted by Gasteiger charge is 2.17. The molecule has 1 amide bonds. The van der Waals surface area contributed by atoms with Gasteiger partial charge in [-0.2, -0.15) is 0 Å². The van der Waals surface area contributed by atoms with Crippen LogP contribution in [0.25, 0.3) is 0 Å². The van der Waals surface area contributed by atoms with Gasteiger partial charge < -0.3 is 15.5 Å². The van der Waals surface area contributed by atoms with Crippen molar-refractivity contribution in [2.45, 2.75) is 13.5 Å². The molecule has 20 heavy (non-hydrogen) atoms. The number of rotatable bonds is 4. The SMILES string of the molecule is Cc1ccc(C(=O)C(=O)NCc2ccc(O)c(O)c2)s1. The number of thiophene rings is 1. The van der Waals surface area contributed by atoms with Crippen LogP contribution in [-0.2, 0) is 11.3 Å². The number of Topliss-reactive ketones (excluding diaryl/α,β-unsaturated/α-hetero) is 1. The lowest BCUT2D eigenvalue weighted by Gasteiger charge is -2.05. The molecule has 0 saturated heterocycles. The lowest BCUT2D eigenvalue weighted by atomic mass is 10.2. The van der Waals surface area contributed by atoms with E-state index in [0.717, 1.165) is 4.88 Å². The Hall–Kier alpha value is -2.34. The molecule has 1 heterocycles. The van der Waals surface area contributed by atoms with Gasteiger partial charge in [0.2, 0.25) is 0 Å². The van der Waals surface area contributed by atoms with Crippen LogP contribution in [0.15, 0.2) is 30.3 Å². The van der Waals surface area contributed by atoms with Crippen LogP contribution in [0.2, 0.25) is 0 Å². The van der Waals surface area contributed by atoms with Gasteiger partial charge in [-0.1, -0.05) is 6.07 Å². The van der Waals surface area contributed by atoms with E-state index in [4.69, 9.17) is 0 Å². The van der Waals surface area contributed by atoms with Crippen molar-refractivity contribution in [2.75, 3.05) is 0 Å². The molecular weight excluding hydrogens is 278 g/mol. The summed E-state index contributed by atoms with van der Waals surface area (Å²) in [6.07, 6.45) is 0. The number of phenols is 2. The number of phenolic OH excluding ortho intramolecular Hbond substituents is 2. The number of aromatic hydroxyl groups is 2. The van der Waals surface area contributed by atoms with Crippen molar-refractivity contribution in [3.63, 3.8) is 0 Å². The molecule has 1 aromatic heterocycles. The van der Waals surface area contributed by atoms with Crippen molar-refractivity contribution in [1.29, 1.82) is 0 Å². The standard InChI is InChI=1S/C14H13NO4S/c1-8-2-5-12(20-8)13(18)14(19)15-7-9-3-4-10(16)11(17)6-9/h2-6,16-17H,7H2,1H3,(H,15,19). The Kier molecular flexibility index (Phi) is 4.05. The number of hydrogen-bond acceptors (Lipinski definition) is 5. The Morgan fingerprint density at radius 2 is 1.90 bits per heavy atom. The second-order valence-electron chi connectivity index (χ2n) is 4.25. The van der Waals surface area contributed by atoms with Gasteiger partial charge in [0.1, 0.15) is 0 Å². The number of aryl methyl sites for hydroxylation is 1. The van der Waals surface area contributed by atoms with Gasteiger partial charge in [0, 0.05) is 11.4 Å². The zero-order valence-electron chi connectivity index (χ0n) is 10.7. The topological polar surface area (TPSA) is 86.6 Å². The predicted octanol–water partition coefficient (Wildman–Crippen LogP) is 1.97. The average Bonchev–Trinajstić information content (AvgIpc) is 2.85. The number of carbonyl (C=O) groups is 2. The first-order valence-electron chi connectivity index (χ1n) is 5.87. The monoisotopic (exact) mass is 291 g/mol. The van der Waals surface area contributed by atoms with Gasteiger partial charge in [-0.3, -0.25) is 9.59 Å². The molecule has 0 aliphatic heterocycles. The minimum Gasteiger partial charge on any atom is -0.504 e. The van der Waals surface area contributed by atoms with Crippen molar-refractivity contribution < 1.29 is 19.8 Å². The summed E-state index contributed by atoms with van der Waals surface area (Å²) in [5.41, 5.74) is 0.587. The number of amides is 1.